The van der Waals surface area contributed by atoms with Crippen LogP contribution in [-0.4, -0.2) is 27.2 Å². The van der Waals surface area contributed by atoms with E-state index in [1.807, 2.05) is 24.3 Å². The molecule has 1 aliphatic rings. The number of carbonyl (C=O) groups is 1. The van der Waals surface area contributed by atoms with Crippen LogP contribution in [0.1, 0.15) is 39.9 Å². The lowest BCUT2D eigenvalue weighted by Gasteiger charge is -2.17. The molecule has 2 aromatic rings. The van der Waals surface area contributed by atoms with Crippen LogP contribution in [0.5, 0.6) is 17.2 Å². The summed E-state index contributed by atoms with van der Waals surface area (Å²) < 4.78 is 16.1. The van der Waals surface area contributed by atoms with E-state index in [2.05, 4.69) is 11.4 Å². The minimum absolute atomic E-state index is 0.0878. The van der Waals surface area contributed by atoms with Gasteiger partial charge in [0.05, 0.1) is 21.3 Å². The molecule has 5 heteroatoms. The van der Waals surface area contributed by atoms with Gasteiger partial charge in [-0.2, -0.15) is 0 Å². The highest BCUT2D eigenvalue weighted by molar-refractivity contribution is 5.94. The molecule has 0 saturated carbocycles. The highest BCUT2D eigenvalue weighted by atomic mass is 16.5. The van der Waals surface area contributed by atoms with E-state index in [4.69, 9.17) is 14.2 Å². The van der Waals surface area contributed by atoms with Crippen LogP contribution in [0.3, 0.4) is 0 Å². The molecule has 1 amide bonds. The normalized spacial score (nSPS) is 12.9. The number of hydrogen-bond acceptors (Lipinski definition) is 4. The maximum Gasteiger partial charge on any atom is 0.251 e. The zero-order valence-electron chi connectivity index (χ0n) is 15.6. The maximum absolute atomic E-state index is 12.6. The van der Waals surface area contributed by atoms with Crippen molar-refractivity contribution in [1.82, 2.24) is 5.32 Å². The summed E-state index contributed by atoms with van der Waals surface area (Å²) in [6, 6.07) is 9.69. The Morgan fingerprint density at radius 1 is 0.923 bits per heavy atom. The van der Waals surface area contributed by atoms with Crippen LogP contribution in [0, 0.1) is 0 Å². The number of ether oxygens (including phenoxy) is 3. The Balaban J connectivity index is 1.75. The third-order valence-electron chi connectivity index (χ3n) is 4.84. The predicted octanol–water partition coefficient (Wildman–Crippen LogP) is 3.52. The zero-order chi connectivity index (χ0) is 18.5. The Labute approximate surface area is 154 Å². The van der Waals surface area contributed by atoms with Crippen LogP contribution >= 0.6 is 0 Å². The third kappa shape index (κ3) is 3.62. The molecule has 0 fully saturated rings. The topological polar surface area (TPSA) is 56.8 Å². The minimum Gasteiger partial charge on any atom is -0.493 e. The Kier molecular flexibility index (Phi) is 5.66. The Morgan fingerprint density at radius 2 is 1.65 bits per heavy atom. The number of hydrogen-bond donors (Lipinski definition) is 1. The Hall–Kier alpha value is -2.69. The van der Waals surface area contributed by atoms with Crippen molar-refractivity contribution in [2.75, 3.05) is 21.3 Å². The summed E-state index contributed by atoms with van der Waals surface area (Å²) in [6.07, 6.45) is 4.60. The molecular formula is C21H25NO4. The molecule has 0 atom stereocenters. The molecule has 0 unspecified atom stereocenters. The lowest BCUT2D eigenvalue weighted by atomic mass is 9.90. The van der Waals surface area contributed by atoms with E-state index >= 15 is 0 Å². The first kappa shape index (κ1) is 18.1. The van der Waals surface area contributed by atoms with E-state index in [9.17, 15) is 4.79 Å². The number of carbonyl (C=O) groups excluding carboxylic acids is 1. The fraction of sp³-hybridized carbons (Fsp3) is 0.381. The van der Waals surface area contributed by atoms with Gasteiger partial charge in [-0.05, 0) is 61.1 Å². The number of rotatable bonds is 6. The average molecular weight is 355 g/mol. The van der Waals surface area contributed by atoms with Gasteiger partial charge in [0, 0.05) is 17.7 Å². The molecule has 3 rings (SSSR count). The fourth-order valence-electron chi connectivity index (χ4n) is 3.45. The van der Waals surface area contributed by atoms with Crippen LogP contribution in [0.2, 0.25) is 0 Å². The van der Waals surface area contributed by atoms with Gasteiger partial charge in [-0.25, -0.2) is 0 Å². The predicted molar refractivity (Wildman–Crippen MR) is 100 cm³/mol. The van der Waals surface area contributed by atoms with E-state index in [0.29, 0.717) is 29.4 Å². The SMILES string of the molecule is COc1ccc(CNC(=O)c2ccc3c(c2)CCCC3)c(OC)c1OC. The highest BCUT2D eigenvalue weighted by Gasteiger charge is 2.17. The quantitative estimate of drug-likeness (QED) is 0.861. The van der Waals surface area contributed by atoms with Crippen molar-refractivity contribution in [2.24, 2.45) is 0 Å². The standard InChI is InChI=1S/C21H25NO4/c1-24-18-11-10-17(19(25-2)20(18)26-3)13-22-21(23)16-9-8-14-6-4-5-7-15(14)12-16/h8-12H,4-7,13H2,1-3H3,(H,22,23). The van der Waals surface area contributed by atoms with E-state index < -0.39 is 0 Å². The van der Waals surface area contributed by atoms with Crippen LogP contribution in [0.4, 0.5) is 0 Å². The summed E-state index contributed by atoms with van der Waals surface area (Å²) in [5.74, 6) is 1.59. The number of aryl methyl sites for hydroxylation is 2. The van der Waals surface area contributed by atoms with Crippen molar-refractivity contribution < 1.29 is 19.0 Å². The first-order chi connectivity index (χ1) is 12.7. The zero-order valence-corrected chi connectivity index (χ0v) is 15.6. The Bertz CT molecular complexity index is 801. The highest BCUT2D eigenvalue weighted by Crippen LogP contribution is 2.39. The molecule has 0 bridgehead atoms. The molecule has 0 heterocycles. The number of benzene rings is 2. The Morgan fingerprint density at radius 3 is 2.35 bits per heavy atom. The van der Waals surface area contributed by atoms with Gasteiger partial charge in [-0.15, -0.1) is 0 Å². The number of amides is 1. The largest absolute Gasteiger partial charge is 0.493 e. The first-order valence-corrected chi connectivity index (χ1v) is 8.85. The summed E-state index contributed by atoms with van der Waals surface area (Å²) in [5.41, 5.74) is 4.20. The van der Waals surface area contributed by atoms with Gasteiger partial charge >= 0.3 is 0 Å². The van der Waals surface area contributed by atoms with Crippen molar-refractivity contribution in [3.8, 4) is 17.2 Å². The van der Waals surface area contributed by atoms with E-state index in [-0.39, 0.29) is 5.91 Å². The molecular weight excluding hydrogens is 330 g/mol. The summed E-state index contributed by atoms with van der Waals surface area (Å²) in [6.45, 7) is 0.347. The van der Waals surface area contributed by atoms with Crippen molar-refractivity contribution in [3.63, 3.8) is 0 Å². The maximum atomic E-state index is 12.6. The van der Waals surface area contributed by atoms with Gasteiger partial charge in [-0.1, -0.05) is 6.07 Å². The molecule has 0 spiro atoms. The van der Waals surface area contributed by atoms with E-state index in [1.165, 1.54) is 24.0 Å². The summed E-state index contributed by atoms with van der Waals surface area (Å²) in [7, 11) is 4.72. The van der Waals surface area contributed by atoms with E-state index in [0.717, 1.165) is 18.4 Å². The van der Waals surface area contributed by atoms with Gasteiger partial charge in [0.2, 0.25) is 5.75 Å². The van der Waals surface area contributed by atoms with E-state index in [1.54, 1.807) is 21.3 Å². The van der Waals surface area contributed by atoms with Crippen LogP contribution in [0.25, 0.3) is 0 Å². The summed E-state index contributed by atoms with van der Waals surface area (Å²) in [5, 5.41) is 2.97. The molecule has 0 saturated heterocycles. The smallest absolute Gasteiger partial charge is 0.251 e. The molecule has 0 aromatic heterocycles. The second-order valence-electron chi connectivity index (χ2n) is 6.37. The van der Waals surface area contributed by atoms with Gasteiger partial charge in [-0.3, -0.25) is 4.79 Å². The average Bonchev–Trinajstić information content (AvgIpc) is 2.70. The second-order valence-corrected chi connectivity index (χ2v) is 6.37. The van der Waals surface area contributed by atoms with Gasteiger partial charge in [0.25, 0.3) is 5.91 Å². The van der Waals surface area contributed by atoms with Crippen molar-refractivity contribution in [3.05, 3.63) is 52.6 Å². The first-order valence-electron chi connectivity index (χ1n) is 8.85. The summed E-state index contributed by atoms with van der Waals surface area (Å²) >= 11 is 0. The van der Waals surface area contributed by atoms with Gasteiger partial charge in [0.1, 0.15) is 0 Å². The molecule has 5 nitrogen and oxygen atoms in total. The van der Waals surface area contributed by atoms with Crippen molar-refractivity contribution >= 4 is 5.91 Å². The minimum atomic E-state index is -0.0878. The number of fused-ring (bicyclic) bond motifs is 1. The van der Waals surface area contributed by atoms with Crippen molar-refractivity contribution in [2.45, 2.75) is 32.2 Å². The molecule has 138 valence electrons. The van der Waals surface area contributed by atoms with Crippen LogP contribution < -0.4 is 19.5 Å². The monoisotopic (exact) mass is 355 g/mol. The van der Waals surface area contributed by atoms with Crippen LogP contribution in [0.15, 0.2) is 30.3 Å². The molecule has 1 N–H and O–H groups in total. The number of nitrogens with one attached hydrogen (secondary N) is 1. The second kappa shape index (κ2) is 8.13. The lowest BCUT2D eigenvalue weighted by molar-refractivity contribution is 0.0950. The lowest BCUT2D eigenvalue weighted by Crippen LogP contribution is -2.23. The summed E-state index contributed by atoms with van der Waals surface area (Å²) in [4.78, 5) is 12.6. The molecule has 0 radical (unpaired) electrons. The number of methoxy groups -OCH3 is 3. The third-order valence-corrected chi connectivity index (χ3v) is 4.84. The molecule has 0 aliphatic heterocycles. The molecule has 2 aromatic carbocycles. The fourth-order valence-corrected chi connectivity index (χ4v) is 3.45. The van der Waals surface area contributed by atoms with Gasteiger partial charge < -0.3 is 19.5 Å². The van der Waals surface area contributed by atoms with Gasteiger partial charge in [0.15, 0.2) is 11.5 Å². The molecule has 1 aliphatic carbocycles. The van der Waals surface area contributed by atoms with Crippen molar-refractivity contribution in [1.29, 1.82) is 0 Å². The molecule has 26 heavy (non-hydrogen) atoms. The van der Waals surface area contributed by atoms with Crippen LogP contribution in [-0.2, 0) is 19.4 Å².